The summed E-state index contributed by atoms with van der Waals surface area (Å²) < 4.78 is 0. The van der Waals surface area contributed by atoms with Crippen LogP contribution in [0.3, 0.4) is 0 Å². The summed E-state index contributed by atoms with van der Waals surface area (Å²) in [5.41, 5.74) is 0.866. The van der Waals surface area contributed by atoms with E-state index in [-0.39, 0.29) is 18.6 Å². The molecule has 0 radical (unpaired) electrons. The Balaban J connectivity index is 2.67. The van der Waals surface area contributed by atoms with Crippen LogP contribution in [0.4, 0.5) is 4.79 Å². The van der Waals surface area contributed by atoms with E-state index in [2.05, 4.69) is 10.2 Å². The molecule has 2 N–H and O–H groups in total. The summed E-state index contributed by atoms with van der Waals surface area (Å²) in [6.45, 7) is 3.66. The molecule has 0 atom stereocenters. The molecular formula is C11H18N4O3. The third kappa shape index (κ3) is 3.76. The molecule has 1 aromatic heterocycles. The maximum absolute atomic E-state index is 12.1. The van der Waals surface area contributed by atoms with Crippen LogP contribution in [0, 0.1) is 0 Å². The Bertz CT molecular complexity index is 402. The molecule has 0 bridgehead atoms. The van der Waals surface area contributed by atoms with Crippen molar-refractivity contribution >= 4 is 12.0 Å². The lowest BCUT2D eigenvalue weighted by Crippen LogP contribution is -2.46. The number of aromatic nitrogens is 2. The summed E-state index contributed by atoms with van der Waals surface area (Å²) in [6.07, 6.45) is 3.32. The van der Waals surface area contributed by atoms with Gasteiger partial charge in [-0.1, -0.05) is 0 Å². The topological polar surface area (TPSA) is 89.5 Å². The molecule has 1 heterocycles. The van der Waals surface area contributed by atoms with Crippen molar-refractivity contribution in [2.75, 3.05) is 13.6 Å². The summed E-state index contributed by atoms with van der Waals surface area (Å²) in [6, 6.07) is -0.478. The molecule has 0 aromatic carbocycles. The predicted octanol–water partition coefficient (Wildman–Crippen LogP) is 0.756. The van der Waals surface area contributed by atoms with Gasteiger partial charge in [-0.25, -0.2) is 4.79 Å². The smallest absolute Gasteiger partial charge is 0.323 e. The van der Waals surface area contributed by atoms with Crippen LogP contribution in [0.2, 0.25) is 0 Å². The molecule has 0 saturated heterocycles. The van der Waals surface area contributed by atoms with E-state index in [1.807, 2.05) is 0 Å². The average Bonchev–Trinajstić information content (AvgIpc) is 2.77. The molecule has 0 aliphatic carbocycles. The lowest BCUT2D eigenvalue weighted by atomic mass is 10.3. The molecule has 0 unspecified atom stereocenters. The molecule has 0 fully saturated rings. The fraction of sp³-hybridized carbons (Fsp3) is 0.545. The third-order valence-corrected chi connectivity index (χ3v) is 2.48. The number of nitrogens with one attached hydrogen (secondary N) is 1. The van der Waals surface area contributed by atoms with E-state index in [0.717, 1.165) is 5.56 Å². The monoisotopic (exact) mass is 254 g/mol. The molecule has 1 aromatic rings. The molecule has 2 amide bonds. The lowest BCUT2D eigenvalue weighted by Gasteiger charge is -2.29. The standard InChI is InChI=1S/C11H18N4O3/c1-8(2)15(7-10(16)17)11(18)14(3)6-9-4-12-13-5-9/h4-5,8H,6-7H2,1-3H3,(H,12,13)(H,16,17). The van der Waals surface area contributed by atoms with E-state index in [1.165, 1.54) is 9.80 Å². The van der Waals surface area contributed by atoms with Crippen LogP contribution in [-0.2, 0) is 11.3 Å². The van der Waals surface area contributed by atoms with E-state index in [9.17, 15) is 9.59 Å². The largest absolute Gasteiger partial charge is 0.480 e. The van der Waals surface area contributed by atoms with Gasteiger partial charge >= 0.3 is 12.0 Å². The summed E-state index contributed by atoms with van der Waals surface area (Å²) in [4.78, 5) is 25.6. The fourth-order valence-electron chi connectivity index (χ4n) is 1.54. The van der Waals surface area contributed by atoms with Crippen molar-refractivity contribution in [1.82, 2.24) is 20.0 Å². The van der Waals surface area contributed by atoms with E-state index in [4.69, 9.17) is 5.11 Å². The van der Waals surface area contributed by atoms with Gasteiger partial charge in [0.2, 0.25) is 0 Å². The van der Waals surface area contributed by atoms with Crippen LogP contribution < -0.4 is 0 Å². The SMILES string of the molecule is CC(C)N(CC(=O)O)C(=O)N(C)Cc1cn[nH]c1. The number of carboxylic acid groups (broad SMARTS) is 1. The van der Waals surface area contributed by atoms with Gasteiger partial charge in [0.05, 0.1) is 12.7 Å². The number of aromatic amines is 1. The van der Waals surface area contributed by atoms with Gasteiger partial charge in [0.25, 0.3) is 0 Å². The van der Waals surface area contributed by atoms with Crippen molar-refractivity contribution in [3.05, 3.63) is 18.0 Å². The van der Waals surface area contributed by atoms with Crippen molar-refractivity contribution in [1.29, 1.82) is 0 Å². The summed E-state index contributed by atoms with van der Waals surface area (Å²) in [7, 11) is 1.63. The number of hydrogen-bond donors (Lipinski definition) is 2. The highest BCUT2D eigenvalue weighted by Gasteiger charge is 2.23. The highest BCUT2D eigenvalue weighted by atomic mass is 16.4. The van der Waals surface area contributed by atoms with Crippen LogP contribution >= 0.6 is 0 Å². The zero-order chi connectivity index (χ0) is 13.7. The van der Waals surface area contributed by atoms with E-state index >= 15 is 0 Å². The maximum Gasteiger partial charge on any atom is 0.323 e. The highest BCUT2D eigenvalue weighted by molar-refractivity contribution is 5.80. The van der Waals surface area contributed by atoms with Gasteiger partial charge in [-0.2, -0.15) is 5.10 Å². The van der Waals surface area contributed by atoms with Crippen molar-refractivity contribution in [3.8, 4) is 0 Å². The molecule has 0 saturated carbocycles. The van der Waals surface area contributed by atoms with Crippen LogP contribution in [0.25, 0.3) is 0 Å². The van der Waals surface area contributed by atoms with Gasteiger partial charge in [0, 0.05) is 24.8 Å². The number of hydrogen-bond acceptors (Lipinski definition) is 3. The summed E-state index contributed by atoms with van der Waals surface area (Å²) >= 11 is 0. The quantitative estimate of drug-likeness (QED) is 0.811. The van der Waals surface area contributed by atoms with Crippen LogP contribution in [0.15, 0.2) is 12.4 Å². The number of nitrogens with zero attached hydrogens (tertiary/aromatic N) is 3. The fourth-order valence-corrected chi connectivity index (χ4v) is 1.54. The maximum atomic E-state index is 12.1. The molecule has 7 heteroatoms. The number of carbonyl (C=O) groups is 2. The molecule has 0 aliphatic heterocycles. The van der Waals surface area contributed by atoms with Gasteiger partial charge < -0.3 is 14.9 Å². The number of amides is 2. The molecule has 0 aliphatic rings. The van der Waals surface area contributed by atoms with Gasteiger partial charge in [-0.05, 0) is 13.8 Å². The number of urea groups is 1. The third-order valence-electron chi connectivity index (χ3n) is 2.48. The van der Waals surface area contributed by atoms with Gasteiger partial charge in [0.15, 0.2) is 0 Å². The number of H-pyrrole nitrogens is 1. The first-order valence-electron chi connectivity index (χ1n) is 5.63. The van der Waals surface area contributed by atoms with Gasteiger partial charge in [-0.15, -0.1) is 0 Å². The number of aliphatic carboxylic acids is 1. The zero-order valence-corrected chi connectivity index (χ0v) is 10.8. The second-order valence-electron chi connectivity index (χ2n) is 4.36. The number of carbonyl (C=O) groups excluding carboxylic acids is 1. The van der Waals surface area contributed by atoms with Gasteiger partial charge in [0.1, 0.15) is 6.54 Å². The summed E-state index contributed by atoms with van der Waals surface area (Å²) in [5.74, 6) is -1.02. The van der Waals surface area contributed by atoms with Crippen molar-refractivity contribution in [3.63, 3.8) is 0 Å². The summed E-state index contributed by atoms with van der Waals surface area (Å²) in [5, 5.41) is 15.2. The van der Waals surface area contributed by atoms with Crippen molar-refractivity contribution in [2.45, 2.75) is 26.4 Å². The first-order valence-corrected chi connectivity index (χ1v) is 5.63. The second-order valence-corrected chi connectivity index (χ2v) is 4.36. The molecule has 18 heavy (non-hydrogen) atoms. The number of rotatable bonds is 5. The lowest BCUT2D eigenvalue weighted by molar-refractivity contribution is -0.138. The zero-order valence-electron chi connectivity index (χ0n) is 10.8. The Morgan fingerprint density at radius 3 is 2.61 bits per heavy atom. The molecule has 100 valence electrons. The van der Waals surface area contributed by atoms with Gasteiger partial charge in [-0.3, -0.25) is 9.89 Å². The van der Waals surface area contributed by atoms with Crippen molar-refractivity contribution in [2.24, 2.45) is 0 Å². The highest BCUT2D eigenvalue weighted by Crippen LogP contribution is 2.07. The second kappa shape index (κ2) is 6.04. The minimum Gasteiger partial charge on any atom is -0.480 e. The normalized spacial score (nSPS) is 10.4. The van der Waals surface area contributed by atoms with E-state index in [1.54, 1.807) is 33.3 Å². The first-order chi connectivity index (χ1) is 8.41. The Morgan fingerprint density at radius 2 is 2.17 bits per heavy atom. The van der Waals surface area contributed by atoms with E-state index < -0.39 is 5.97 Å². The number of carboxylic acids is 1. The average molecular weight is 254 g/mol. The molecule has 7 nitrogen and oxygen atoms in total. The minimum atomic E-state index is -1.02. The Labute approximate surface area is 105 Å². The predicted molar refractivity (Wildman–Crippen MR) is 64.9 cm³/mol. The Morgan fingerprint density at radius 1 is 1.50 bits per heavy atom. The Hall–Kier alpha value is -2.05. The van der Waals surface area contributed by atoms with E-state index in [0.29, 0.717) is 6.54 Å². The minimum absolute atomic E-state index is 0.166. The Kier molecular flexibility index (Phi) is 4.70. The molecule has 1 rings (SSSR count). The van der Waals surface area contributed by atoms with Crippen LogP contribution in [0.1, 0.15) is 19.4 Å². The van der Waals surface area contributed by atoms with Crippen LogP contribution in [0.5, 0.6) is 0 Å². The molecular weight excluding hydrogens is 236 g/mol. The van der Waals surface area contributed by atoms with Crippen LogP contribution in [-0.4, -0.2) is 56.7 Å². The molecule has 0 spiro atoms. The first kappa shape index (κ1) is 14.0. The van der Waals surface area contributed by atoms with Crippen molar-refractivity contribution < 1.29 is 14.7 Å².